The number of nitrogens with zero attached hydrogens (tertiary/aromatic N) is 2. The van der Waals surface area contributed by atoms with Gasteiger partial charge < -0.3 is 10.3 Å². The third kappa shape index (κ3) is 3.65. The van der Waals surface area contributed by atoms with E-state index in [1.807, 2.05) is 32.0 Å². The smallest absolute Gasteiger partial charge is 0.251 e. The molecule has 3 aromatic rings. The van der Waals surface area contributed by atoms with Crippen LogP contribution in [-0.4, -0.2) is 15.5 Å². The minimum Gasteiger partial charge on any atom is -0.366 e. The van der Waals surface area contributed by atoms with Crippen molar-refractivity contribution in [1.82, 2.24) is 9.55 Å². The van der Waals surface area contributed by atoms with Gasteiger partial charge in [0.05, 0.1) is 17.8 Å². The summed E-state index contributed by atoms with van der Waals surface area (Å²) in [5.74, 6) is -0.398. The van der Waals surface area contributed by atoms with E-state index in [1.165, 1.54) is 5.56 Å². The van der Waals surface area contributed by atoms with Gasteiger partial charge in [0.25, 0.3) is 5.91 Å². The van der Waals surface area contributed by atoms with Gasteiger partial charge in [0.1, 0.15) is 0 Å². The van der Waals surface area contributed by atoms with E-state index in [1.54, 1.807) is 6.20 Å². The summed E-state index contributed by atoms with van der Waals surface area (Å²) in [6, 6.07) is 14.3. The van der Waals surface area contributed by atoms with Crippen molar-refractivity contribution in [1.29, 1.82) is 0 Å². The number of amides is 1. The van der Waals surface area contributed by atoms with Crippen LogP contribution < -0.4 is 5.73 Å². The first-order valence-corrected chi connectivity index (χ1v) is 9.20. The fraction of sp³-hybridized carbons (Fsp3) is 0.304. The molecule has 0 unspecified atom stereocenters. The molecule has 2 heterocycles. The molecule has 140 valence electrons. The second kappa shape index (κ2) is 7.03. The van der Waals surface area contributed by atoms with E-state index in [4.69, 9.17) is 5.73 Å². The van der Waals surface area contributed by atoms with Crippen molar-refractivity contribution in [2.24, 2.45) is 5.73 Å². The Morgan fingerprint density at radius 2 is 1.70 bits per heavy atom. The Kier molecular flexibility index (Phi) is 4.92. The molecule has 1 amide bonds. The van der Waals surface area contributed by atoms with E-state index < -0.39 is 5.91 Å². The highest BCUT2D eigenvalue weighted by molar-refractivity contribution is 6.02. The largest absolute Gasteiger partial charge is 0.366 e. The summed E-state index contributed by atoms with van der Waals surface area (Å²) >= 11 is 0. The van der Waals surface area contributed by atoms with Gasteiger partial charge in [-0.15, -0.1) is 0 Å². The Balaban J connectivity index is 2.12. The van der Waals surface area contributed by atoms with Crippen molar-refractivity contribution in [2.75, 3.05) is 0 Å². The quantitative estimate of drug-likeness (QED) is 0.737. The summed E-state index contributed by atoms with van der Waals surface area (Å²) < 4.78 is 2.12. The van der Waals surface area contributed by atoms with Gasteiger partial charge >= 0.3 is 0 Å². The maximum atomic E-state index is 12.3. The summed E-state index contributed by atoms with van der Waals surface area (Å²) in [5.41, 5.74) is 12.5. The summed E-state index contributed by atoms with van der Waals surface area (Å²) in [4.78, 5) is 16.7. The average Bonchev–Trinajstić information content (AvgIpc) is 2.87. The second-order valence-corrected chi connectivity index (χ2v) is 8.02. The number of benzene rings is 1. The molecule has 0 radical (unpaired) electrons. The van der Waals surface area contributed by atoms with Crippen LogP contribution in [-0.2, 0) is 12.0 Å². The highest BCUT2D eigenvalue weighted by Crippen LogP contribution is 2.34. The lowest BCUT2D eigenvalue weighted by Crippen LogP contribution is -2.14. The molecule has 0 fully saturated rings. The van der Waals surface area contributed by atoms with Crippen LogP contribution in [0.15, 0.2) is 48.7 Å². The highest BCUT2D eigenvalue weighted by Gasteiger charge is 2.23. The Labute approximate surface area is 161 Å². The standard InChI is InChI=1S/C23H27N3O/c1-15-20(17-9-11-18(12-10-17)23(3,4)5)21(22(24)27)16(2)26(15)14-19-8-6-7-13-25-19/h6-13H,14H2,1-5H3,(H2,24,27). The van der Waals surface area contributed by atoms with Crippen LogP contribution in [0, 0.1) is 13.8 Å². The van der Waals surface area contributed by atoms with Crippen molar-refractivity contribution in [3.63, 3.8) is 0 Å². The number of carbonyl (C=O) groups excluding carboxylic acids is 1. The van der Waals surface area contributed by atoms with Gasteiger partial charge in [0.2, 0.25) is 0 Å². The van der Waals surface area contributed by atoms with E-state index in [0.717, 1.165) is 28.2 Å². The van der Waals surface area contributed by atoms with Crippen molar-refractivity contribution in [3.05, 3.63) is 76.9 Å². The molecule has 2 N–H and O–H groups in total. The van der Waals surface area contributed by atoms with Gasteiger partial charge in [-0.05, 0) is 42.5 Å². The highest BCUT2D eigenvalue weighted by atomic mass is 16.1. The fourth-order valence-electron chi connectivity index (χ4n) is 3.57. The Morgan fingerprint density at radius 3 is 2.22 bits per heavy atom. The monoisotopic (exact) mass is 361 g/mol. The van der Waals surface area contributed by atoms with Crippen molar-refractivity contribution in [3.8, 4) is 11.1 Å². The lowest BCUT2D eigenvalue weighted by atomic mass is 9.86. The zero-order valence-corrected chi connectivity index (χ0v) is 16.7. The minimum absolute atomic E-state index is 0.0842. The number of hydrogen-bond acceptors (Lipinski definition) is 2. The molecule has 0 spiro atoms. The number of aromatic nitrogens is 2. The minimum atomic E-state index is -0.398. The van der Waals surface area contributed by atoms with Gasteiger partial charge in [-0.1, -0.05) is 51.1 Å². The average molecular weight is 361 g/mol. The first-order chi connectivity index (χ1) is 12.7. The lowest BCUT2D eigenvalue weighted by molar-refractivity contribution is 0.1000. The van der Waals surface area contributed by atoms with E-state index in [-0.39, 0.29) is 5.41 Å². The van der Waals surface area contributed by atoms with E-state index >= 15 is 0 Å². The molecular formula is C23H27N3O. The Bertz CT molecular complexity index is 962. The van der Waals surface area contributed by atoms with Crippen molar-refractivity contribution < 1.29 is 4.79 Å². The normalized spacial score (nSPS) is 11.6. The summed E-state index contributed by atoms with van der Waals surface area (Å²) in [7, 11) is 0. The van der Waals surface area contributed by atoms with Crippen molar-refractivity contribution in [2.45, 2.75) is 46.6 Å². The number of hydrogen-bond donors (Lipinski definition) is 1. The number of nitrogens with two attached hydrogens (primary N) is 1. The number of rotatable bonds is 4. The SMILES string of the molecule is Cc1c(C(N)=O)c(-c2ccc(C(C)(C)C)cc2)c(C)n1Cc1ccccn1. The van der Waals surface area contributed by atoms with Crippen molar-refractivity contribution >= 4 is 5.91 Å². The molecular weight excluding hydrogens is 334 g/mol. The third-order valence-corrected chi connectivity index (χ3v) is 5.12. The molecule has 0 saturated heterocycles. The molecule has 27 heavy (non-hydrogen) atoms. The zero-order valence-electron chi connectivity index (χ0n) is 16.7. The number of carbonyl (C=O) groups is 1. The van der Waals surface area contributed by atoms with Crippen LogP contribution in [0.4, 0.5) is 0 Å². The van der Waals surface area contributed by atoms with Gasteiger partial charge in [-0.3, -0.25) is 9.78 Å². The maximum Gasteiger partial charge on any atom is 0.251 e. The number of primary amides is 1. The number of pyridine rings is 1. The molecule has 3 rings (SSSR count). The molecule has 0 atom stereocenters. The van der Waals surface area contributed by atoms with Crippen LogP contribution in [0.2, 0.25) is 0 Å². The molecule has 0 saturated carbocycles. The lowest BCUT2D eigenvalue weighted by Gasteiger charge is -2.19. The van der Waals surface area contributed by atoms with Gasteiger partial charge in [0.15, 0.2) is 0 Å². The van der Waals surface area contributed by atoms with Crippen LogP contribution in [0.3, 0.4) is 0 Å². The summed E-state index contributed by atoms with van der Waals surface area (Å²) in [6.07, 6.45) is 1.78. The maximum absolute atomic E-state index is 12.3. The molecule has 2 aromatic heterocycles. The topological polar surface area (TPSA) is 60.9 Å². The first kappa shape index (κ1) is 18.9. The summed E-state index contributed by atoms with van der Waals surface area (Å²) in [5, 5.41) is 0. The molecule has 0 aliphatic carbocycles. The van der Waals surface area contributed by atoms with Crippen LogP contribution in [0.25, 0.3) is 11.1 Å². The second-order valence-electron chi connectivity index (χ2n) is 8.02. The molecule has 0 bridgehead atoms. The predicted molar refractivity (Wildman–Crippen MR) is 110 cm³/mol. The Morgan fingerprint density at radius 1 is 1.04 bits per heavy atom. The van der Waals surface area contributed by atoms with Crippen LogP contribution >= 0.6 is 0 Å². The molecule has 4 heteroatoms. The molecule has 0 aliphatic heterocycles. The van der Waals surface area contributed by atoms with Gasteiger partial charge in [0, 0.05) is 23.1 Å². The van der Waals surface area contributed by atoms with E-state index in [2.05, 4.69) is 54.6 Å². The van der Waals surface area contributed by atoms with Gasteiger partial charge in [-0.25, -0.2) is 0 Å². The third-order valence-electron chi connectivity index (χ3n) is 5.12. The Hall–Kier alpha value is -2.88. The fourth-order valence-corrected chi connectivity index (χ4v) is 3.57. The molecule has 4 nitrogen and oxygen atoms in total. The first-order valence-electron chi connectivity index (χ1n) is 9.20. The van der Waals surface area contributed by atoms with Gasteiger partial charge in [-0.2, -0.15) is 0 Å². The van der Waals surface area contributed by atoms with E-state index in [0.29, 0.717) is 12.1 Å². The predicted octanol–water partition coefficient (Wildman–Crippen LogP) is 4.61. The van der Waals surface area contributed by atoms with E-state index in [9.17, 15) is 4.79 Å². The summed E-state index contributed by atoms with van der Waals surface area (Å²) in [6.45, 7) is 11.2. The zero-order chi connectivity index (χ0) is 19.8. The molecule has 0 aliphatic rings. The van der Waals surface area contributed by atoms with Crippen LogP contribution in [0.1, 0.15) is 53.8 Å². The molecule has 1 aromatic carbocycles. The van der Waals surface area contributed by atoms with Crippen LogP contribution in [0.5, 0.6) is 0 Å².